The second-order valence-corrected chi connectivity index (χ2v) is 7.56. The van der Waals surface area contributed by atoms with E-state index in [-0.39, 0.29) is 11.7 Å². The molecule has 0 N–H and O–H groups in total. The summed E-state index contributed by atoms with van der Waals surface area (Å²) < 4.78 is 15.2. The van der Waals surface area contributed by atoms with Crippen molar-refractivity contribution >= 4 is 11.6 Å². The summed E-state index contributed by atoms with van der Waals surface area (Å²) in [5.74, 6) is -0.424. The van der Waals surface area contributed by atoms with E-state index < -0.39 is 0 Å². The molecule has 29 heavy (non-hydrogen) atoms. The lowest BCUT2D eigenvalue weighted by Gasteiger charge is -2.37. The molecule has 1 aromatic heterocycles. The summed E-state index contributed by atoms with van der Waals surface area (Å²) in [6.45, 7) is 8.94. The van der Waals surface area contributed by atoms with Gasteiger partial charge in [0, 0.05) is 31.9 Å². The predicted octanol–water partition coefficient (Wildman–Crippen LogP) is 3.90. The molecule has 0 spiro atoms. The van der Waals surface area contributed by atoms with Crippen LogP contribution in [0.15, 0.2) is 48.5 Å². The lowest BCUT2D eigenvalue weighted by Crippen LogP contribution is -2.49. The average molecular weight is 392 g/mol. The van der Waals surface area contributed by atoms with Gasteiger partial charge in [-0.1, -0.05) is 18.2 Å². The molecular weight excluding hydrogens is 367 g/mol. The Morgan fingerprint density at radius 2 is 1.69 bits per heavy atom. The number of carbonyl (C=O) groups is 1. The highest BCUT2D eigenvalue weighted by molar-refractivity contribution is 5.93. The second kappa shape index (κ2) is 7.70. The van der Waals surface area contributed by atoms with Crippen molar-refractivity contribution in [2.24, 2.45) is 0 Å². The van der Waals surface area contributed by atoms with Gasteiger partial charge in [0.15, 0.2) is 0 Å². The van der Waals surface area contributed by atoms with E-state index in [0.29, 0.717) is 24.5 Å². The van der Waals surface area contributed by atoms with Crippen LogP contribution in [0.2, 0.25) is 0 Å². The van der Waals surface area contributed by atoms with Crippen molar-refractivity contribution in [3.63, 3.8) is 0 Å². The van der Waals surface area contributed by atoms with Gasteiger partial charge in [0.05, 0.1) is 11.4 Å². The van der Waals surface area contributed by atoms with Crippen molar-refractivity contribution in [3.05, 3.63) is 76.9 Å². The van der Waals surface area contributed by atoms with Crippen LogP contribution >= 0.6 is 0 Å². The van der Waals surface area contributed by atoms with E-state index in [1.165, 1.54) is 33.6 Å². The van der Waals surface area contributed by atoms with E-state index in [0.717, 1.165) is 18.8 Å². The summed E-state index contributed by atoms with van der Waals surface area (Å²) >= 11 is 0. The summed E-state index contributed by atoms with van der Waals surface area (Å²) in [6.07, 6.45) is 0. The normalized spacial score (nSPS) is 14.3. The fraction of sp³-hybridized carbons (Fsp3) is 0.304. The third kappa shape index (κ3) is 3.75. The number of halogens is 1. The SMILES string of the molecule is Cc1cc(C(=O)N2CCN(c3cccc(C)c3C)CC2)n(-c2cccc(F)c2)n1. The van der Waals surface area contributed by atoms with Gasteiger partial charge in [-0.05, 0) is 62.2 Å². The Morgan fingerprint density at radius 1 is 0.966 bits per heavy atom. The summed E-state index contributed by atoms with van der Waals surface area (Å²) in [6, 6.07) is 14.3. The highest BCUT2D eigenvalue weighted by Crippen LogP contribution is 2.24. The fourth-order valence-electron chi connectivity index (χ4n) is 3.85. The fourth-order valence-corrected chi connectivity index (χ4v) is 3.85. The summed E-state index contributed by atoms with van der Waals surface area (Å²) in [4.78, 5) is 17.4. The zero-order valence-electron chi connectivity index (χ0n) is 17.0. The van der Waals surface area contributed by atoms with E-state index in [1.54, 1.807) is 18.2 Å². The van der Waals surface area contributed by atoms with Gasteiger partial charge in [0.1, 0.15) is 11.5 Å². The number of aromatic nitrogens is 2. The molecule has 3 aromatic rings. The lowest BCUT2D eigenvalue weighted by molar-refractivity contribution is 0.0737. The maximum Gasteiger partial charge on any atom is 0.272 e. The minimum absolute atomic E-state index is 0.0736. The van der Waals surface area contributed by atoms with Crippen LogP contribution < -0.4 is 4.90 Å². The Morgan fingerprint density at radius 3 is 2.41 bits per heavy atom. The second-order valence-electron chi connectivity index (χ2n) is 7.56. The molecule has 1 amide bonds. The molecule has 0 bridgehead atoms. The van der Waals surface area contributed by atoms with Gasteiger partial charge >= 0.3 is 0 Å². The van der Waals surface area contributed by atoms with E-state index in [4.69, 9.17) is 0 Å². The standard InChI is InChI=1S/C23H25FN4O/c1-16-6-4-9-21(18(16)3)26-10-12-27(13-11-26)23(29)22-14-17(2)25-28(22)20-8-5-7-19(24)15-20/h4-9,14-15H,10-13H2,1-3H3. The predicted molar refractivity (Wildman–Crippen MR) is 112 cm³/mol. The van der Waals surface area contributed by atoms with Crippen molar-refractivity contribution in [2.45, 2.75) is 20.8 Å². The first-order valence-electron chi connectivity index (χ1n) is 9.87. The maximum absolute atomic E-state index is 13.7. The van der Waals surface area contributed by atoms with Crippen molar-refractivity contribution < 1.29 is 9.18 Å². The Hall–Kier alpha value is -3.15. The van der Waals surface area contributed by atoms with Crippen molar-refractivity contribution in [2.75, 3.05) is 31.1 Å². The summed E-state index contributed by atoms with van der Waals surface area (Å²) in [5, 5.41) is 4.41. The number of hydrogen-bond acceptors (Lipinski definition) is 3. The largest absolute Gasteiger partial charge is 0.368 e. The molecule has 150 valence electrons. The summed E-state index contributed by atoms with van der Waals surface area (Å²) in [7, 11) is 0. The molecule has 1 fully saturated rings. The molecular formula is C23H25FN4O. The monoisotopic (exact) mass is 392 g/mol. The number of anilines is 1. The van der Waals surface area contributed by atoms with Crippen LogP contribution in [0.5, 0.6) is 0 Å². The Labute approximate surface area is 170 Å². The van der Waals surface area contributed by atoms with Crippen LogP contribution in [0.1, 0.15) is 27.3 Å². The molecule has 5 nitrogen and oxygen atoms in total. The van der Waals surface area contributed by atoms with Gasteiger partial charge in [0.2, 0.25) is 0 Å². The van der Waals surface area contributed by atoms with E-state index in [1.807, 2.05) is 11.8 Å². The van der Waals surface area contributed by atoms with Gasteiger partial charge in [-0.3, -0.25) is 4.79 Å². The first-order valence-corrected chi connectivity index (χ1v) is 9.87. The first kappa shape index (κ1) is 19.2. The topological polar surface area (TPSA) is 41.4 Å². The third-order valence-electron chi connectivity index (χ3n) is 5.59. The zero-order valence-corrected chi connectivity index (χ0v) is 17.0. The average Bonchev–Trinajstić information content (AvgIpc) is 3.11. The number of carbonyl (C=O) groups excluding carboxylic acids is 1. The van der Waals surface area contributed by atoms with E-state index in [9.17, 15) is 9.18 Å². The summed E-state index contributed by atoms with van der Waals surface area (Å²) in [5.41, 5.74) is 5.54. The lowest BCUT2D eigenvalue weighted by atomic mass is 10.1. The number of benzene rings is 2. The molecule has 0 aliphatic carbocycles. The minimum Gasteiger partial charge on any atom is -0.368 e. The number of hydrogen-bond donors (Lipinski definition) is 0. The number of rotatable bonds is 3. The van der Waals surface area contributed by atoms with Gasteiger partial charge in [-0.2, -0.15) is 5.10 Å². The number of aryl methyl sites for hydroxylation is 2. The van der Waals surface area contributed by atoms with Crippen LogP contribution in [-0.4, -0.2) is 46.8 Å². The molecule has 1 saturated heterocycles. The molecule has 1 aliphatic heterocycles. The Balaban J connectivity index is 1.53. The highest BCUT2D eigenvalue weighted by atomic mass is 19.1. The van der Waals surface area contributed by atoms with E-state index in [2.05, 4.69) is 42.0 Å². The van der Waals surface area contributed by atoms with Crippen molar-refractivity contribution in [1.82, 2.24) is 14.7 Å². The highest BCUT2D eigenvalue weighted by Gasteiger charge is 2.26. The smallest absolute Gasteiger partial charge is 0.272 e. The molecule has 4 rings (SSSR count). The number of piperazine rings is 1. The minimum atomic E-state index is -0.351. The molecule has 6 heteroatoms. The van der Waals surface area contributed by atoms with Crippen molar-refractivity contribution in [3.8, 4) is 5.69 Å². The number of amides is 1. The zero-order chi connectivity index (χ0) is 20.5. The van der Waals surface area contributed by atoms with Crippen molar-refractivity contribution in [1.29, 1.82) is 0 Å². The Kier molecular flexibility index (Phi) is 5.09. The number of nitrogens with zero attached hydrogens (tertiary/aromatic N) is 4. The van der Waals surface area contributed by atoms with Crippen LogP contribution in [0.3, 0.4) is 0 Å². The van der Waals surface area contributed by atoms with Gasteiger partial charge in [-0.15, -0.1) is 0 Å². The van der Waals surface area contributed by atoms with Crippen LogP contribution in [0, 0.1) is 26.6 Å². The maximum atomic E-state index is 13.7. The molecule has 0 atom stereocenters. The first-order chi connectivity index (χ1) is 13.9. The van der Waals surface area contributed by atoms with Crippen LogP contribution in [0.25, 0.3) is 5.69 Å². The van der Waals surface area contributed by atoms with Gasteiger partial charge in [0.25, 0.3) is 5.91 Å². The van der Waals surface area contributed by atoms with Crippen LogP contribution in [0.4, 0.5) is 10.1 Å². The Bertz CT molecular complexity index is 1050. The van der Waals surface area contributed by atoms with Gasteiger partial charge in [-0.25, -0.2) is 9.07 Å². The molecule has 2 aromatic carbocycles. The molecule has 1 aliphatic rings. The quantitative estimate of drug-likeness (QED) is 0.679. The molecule has 0 radical (unpaired) electrons. The molecule has 2 heterocycles. The molecule has 0 saturated carbocycles. The molecule has 0 unspecified atom stereocenters. The van der Waals surface area contributed by atoms with E-state index >= 15 is 0 Å². The van der Waals surface area contributed by atoms with Crippen LogP contribution in [-0.2, 0) is 0 Å². The van der Waals surface area contributed by atoms with Gasteiger partial charge < -0.3 is 9.80 Å². The third-order valence-corrected chi connectivity index (χ3v) is 5.59.